The first kappa shape index (κ1) is 9.99. The van der Waals surface area contributed by atoms with Crippen molar-refractivity contribution in [2.45, 2.75) is 12.3 Å². The van der Waals surface area contributed by atoms with Crippen LogP contribution in [0.25, 0.3) is 0 Å². The van der Waals surface area contributed by atoms with Crippen molar-refractivity contribution in [3.63, 3.8) is 0 Å². The molecular formula is C9H9ClFNO. The molecule has 0 saturated carbocycles. The van der Waals surface area contributed by atoms with Crippen molar-refractivity contribution in [1.82, 2.24) is 0 Å². The summed E-state index contributed by atoms with van der Waals surface area (Å²) in [5.41, 5.74) is 5.70. The zero-order chi connectivity index (χ0) is 10.0. The average Bonchev–Trinajstić information content (AvgIpc) is 2.08. The summed E-state index contributed by atoms with van der Waals surface area (Å²) >= 11 is 5.53. The van der Waals surface area contributed by atoms with E-state index in [1.54, 1.807) is 0 Å². The van der Waals surface area contributed by atoms with Crippen molar-refractivity contribution < 1.29 is 9.18 Å². The maximum Gasteiger partial charge on any atom is 0.183 e. The molecule has 0 fully saturated rings. The monoisotopic (exact) mass is 201 g/mol. The molecule has 1 atom stereocenters. The summed E-state index contributed by atoms with van der Waals surface area (Å²) in [6.07, 6.45) is 0. The van der Waals surface area contributed by atoms with E-state index in [0.717, 1.165) is 6.07 Å². The van der Waals surface area contributed by atoms with Gasteiger partial charge >= 0.3 is 0 Å². The van der Waals surface area contributed by atoms with Crippen molar-refractivity contribution in [3.8, 4) is 0 Å². The highest BCUT2D eigenvalue weighted by molar-refractivity contribution is 6.33. The van der Waals surface area contributed by atoms with Crippen LogP contribution in [0.2, 0.25) is 0 Å². The van der Waals surface area contributed by atoms with E-state index in [1.807, 2.05) is 0 Å². The molecule has 13 heavy (non-hydrogen) atoms. The van der Waals surface area contributed by atoms with E-state index < -0.39 is 17.0 Å². The minimum absolute atomic E-state index is 0.0532. The van der Waals surface area contributed by atoms with E-state index in [4.69, 9.17) is 17.3 Å². The highest BCUT2D eigenvalue weighted by Gasteiger charge is 2.16. The molecule has 0 aliphatic carbocycles. The molecule has 0 radical (unpaired) electrons. The summed E-state index contributed by atoms with van der Waals surface area (Å²) in [6, 6.07) is 3.84. The van der Waals surface area contributed by atoms with Gasteiger partial charge in [0, 0.05) is 5.69 Å². The van der Waals surface area contributed by atoms with E-state index in [2.05, 4.69) is 0 Å². The van der Waals surface area contributed by atoms with E-state index in [-0.39, 0.29) is 5.56 Å². The minimum Gasteiger partial charge on any atom is -0.399 e. The molecule has 0 spiro atoms. The molecule has 0 aliphatic rings. The number of carbonyl (C=O) groups is 1. The van der Waals surface area contributed by atoms with E-state index >= 15 is 0 Å². The third-order valence-corrected chi connectivity index (χ3v) is 1.82. The Hall–Kier alpha value is -1.09. The summed E-state index contributed by atoms with van der Waals surface area (Å²) < 4.78 is 13.0. The largest absolute Gasteiger partial charge is 0.399 e. The lowest BCUT2D eigenvalue weighted by Gasteiger charge is -2.04. The maximum atomic E-state index is 13.0. The van der Waals surface area contributed by atoms with Gasteiger partial charge in [0.05, 0.1) is 10.9 Å². The highest BCUT2D eigenvalue weighted by atomic mass is 35.5. The number of hydrogen-bond acceptors (Lipinski definition) is 2. The van der Waals surface area contributed by atoms with Crippen molar-refractivity contribution in [2.75, 3.05) is 5.73 Å². The number of anilines is 1. The zero-order valence-electron chi connectivity index (χ0n) is 7.05. The molecule has 0 amide bonds. The second-order valence-corrected chi connectivity index (χ2v) is 3.37. The first-order valence-electron chi connectivity index (χ1n) is 3.75. The highest BCUT2D eigenvalue weighted by Crippen LogP contribution is 2.15. The Bertz CT molecular complexity index is 338. The topological polar surface area (TPSA) is 43.1 Å². The minimum atomic E-state index is -0.740. The van der Waals surface area contributed by atoms with Crippen molar-refractivity contribution in [3.05, 3.63) is 29.6 Å². The Morgan fingerprint density at radius 3 is 2.77 bits per heavy atom. The smallest absolute Gasteiger partial charge is 0.183 e. The molecular weight excluding hydrogens is 193 g/mol. The summed E-state index contributed by atoms with van der Waals surface area (Å²) in [7, 11) is 0. The first-order valence-corrected chi connectivity index (χ1v) is 4.19. The number of ketones is 1. The van der Waals surface area contributed by atoms with Crippen molar-refractivity contribution in [1.29, 1.82) is 0 Å². The summed E-state index contributed by atoms with van der Waals surface area (Å²) in [5.74, 6) is -1.04. The van der Waals surface area contributed by atoms with Crippen LogP contribution in [0.15, 0.2) is 18.2 Å². The zero-order valence-corrected chi connectivity index (χ0v) is 7.81. The Balaban J connectivity index is 3.13. The molecule has 1 unspecified atom stereocenters. The molecule has 4 heteroatoms. The lowest BCUT2D eigenvalue weighted by molar-refractivity contribution is 0.0988. The van der Waals surface area contributed by atoms with Gasteiger partial charge in [-0.15, -0.1) is 11.6 Å². The van der Waals surface area contributed by atoms with Gasteiger partial charge in [-0.25, -0.2) is 4.39 Å². The van der Waals surface area contributed by atoms with Crippen LogP contribution in [-0.4, -0.2) is 11.2 Å². The number of carbonyl (C=O) groups excluding carboxylic acids is 1. The number of rotatable bonds is 2. The van der Waals surface area contributed by atoms with Gasteiger partial charge in [-0.1, -0.05) is 0 Å². The van der Waals surface area contributed by atoms with Crippen LogP contribution >= 0.6 is 11.6 Å². The van der Waals surface area contributed by atoms with Gasteiger partial charge in [0.2, 0.25) is 0 Å². The first-order chi connectivity index (χ1) is 6.02. The van der Waals surface area contributed by atoms with Crippen molar-refractivity contribution >= 4 is 23.1 Å². The van der Waals surface area contributed by atoms with Gasteiger partial charge < -0.3 is 5.73 Å². The summed E-state index contributed by atoms with van der Waals surface area (Å²) in [4.78, 5) is 11.3. The predicted molar refractivity (Wildman–Crippen MR) is 50.5 cm³/mol. The number of benzene rings is 1. The van der Waals surface area contributed by atoms with E-state index in [0.29, 0.717) is 5.69 Å². The third-order valence-electron chi connectivity index (χ3n) is 1.62. The predicted octanol–water partition coefficient (Wildman–Crippen LogP) is 2.22. The Labute approximate surface area is 80.5 Å². The molecule has 0 heterocycles. The fourth-order valence-electron chi connectivity index (χ4n) is 0.946. The lowest BCUT2D eigenvalue weighted by Crippen LogP contribution is -2.12. The molecule has 70 valence electrons. The molecule has 2 nitrogen and oxygen atoms in total. The molecule has 1 aromatic carbocycles. The normalized spacial score (nSPS) is 12.5. The van der Waals surface area contributed by atoms with Gasteiger partial charge in [-0.2, -0.15) is 0 Å². The Morgan fingerprint density at radius 2 is 2.23 bits per heavy atom. The van der Waals surface area contributed by atoms with Crippen LogP contribution < -0.4 is 5.73 Å². The maximum absolute atomic E-state index is 13.0. The Morgan fingerprint density at radius 1 is 1.62 bits per heavy atom. The Kier molecular flexibility index (Phi) is 2.88. The van der Waals surface area contributed by atoms with Gasteiger partial charge in [0.15, 0.2) is 5.78 Å². The fraction of sp³-hybridized carbons (Fsp3) is 0.222. The molecule has 0 saturated heterocycles. The number of Topliss-reactive ketones (excluding diaryl/α,β-unsaturated/α-hetero) is 1. The fourth-order valence-corrected chi connectivity index (χ4v) is 1.06. The van der Waals surface area contributed by atoms with Crippen LogP contribution in [0.5, 0.6) is 0 Å². The quantitative estimate of drug-likeness (QED) is 0.453. The SMILES string of the molecule is CC(Cl)C(=O)c1cc(N)ccc1F. The lowest BCUT2D eigenvalue weighted by atomic mass is 10.1. The molecule has 0 aliphatic heterocycles. The molecule has 1 aromatic rings. The van der Waals surface area contributed by atoms with Crippen LogP contribution in [0.4, 0.5) is 10.1 Å². The van der Waals surface area contributed by atoms with Gasteiger partial charge in [0.1, 0.15) is 5.82 Å². The van der Waals surface area contributed by atoms with Crippen LogP contribution in [-0.2, 0) is 0 Å². The van der Waals surface area contributed by atoms with Crippen LogP contribution in [0.1, 0.15) is 17.3 Å². The van der Waals surface area contributed by atoms with Crippen molar-refractivity contribution in [2.24, 2.45) is 0 Å². The molecule has 0 bridgehead atoms. The van der Waals surface area contributed by atoms with Crippen LogP contribution in [0, 0.1) is 5.82 Å². The van der Waals surface area contributed by atoms with Crippen LogP contribution in [0.3, 0.4) is 0 Å². The third kappa shape index (κ3) is 2.18. The summed E-state index contributed by atoms with van der Waals surface area (Å²) in [6.45, 7) is 1.49. The average molecular weight is 202 g/mol. The van der Waals surface area contributed by atoms with E-state index in [9.17, 15) is 9.18 Å². The number of halogens is 2. The number of alkyl halides is 1. The van der Waals surface area contributed by atoms with Gasteiger partial charge in [-0.3, -0.25) is 4.79 Å². The molecule has 2 N–H and O–H groups in total. The van der Waals surface area contributed by atoms with Gasteiger partial charge in [0.25, 0.3) is 0 Å². The number of nitrogen functional groups attached to an aromatic ring is 1. The molecule has 0 aromatic heterocycles. The summed E-state index contributed by atoms with van der Waals surface area (Å²) in [5, 5.41) is -0.740. The second kappa shape index (κ2) is 3.75. The second-order valence-electron chi connectivity index (χ2n) is 2.72. The number of hydrogen-bond donors (Lipinski definition) is 1. The number of nitrogens with two attached hydrogens (primary N) is 1. The molecule has 1 rings (SSSR count). The van der Waals surface area contributed by atoms with E-state index in [1.165, 1.54) is 19.1 Å². The standard InChI is InChI=1S/C9H9ClFNO/c1-5(10)9(13)7-4-6(12)2-3-8(7)11/h2-5H,12H2,1H3. The van der Waals surface area contributed by atoms with Gasteiger partial charge in [-0.05, 0) is 25.1 Å².